The molecule has 0 bridgehead atoms. The van der Waals surface area contributed by atoms with E-state index in [1.165, 1.54) is 0 Å². The Morgan fingerprint density at radius 1 is 1.39 bits per heavy atom. The molecular weight excluding hydrogens is 252 g/mol. The molecule has 0 atom stereocenters. The zero-order chi connectivity index (χ0) is 13.6. The van der Waals surface area contributed by atoms with Gasteiger partial charge in [0.25, 0.3) is 0 Å². The quantitative estimate of drug-likeness (QED) is 0.676. The van der Waals surface area contributed by atoms with Crippen molar-refractivity contribution in [2.45, 2.75) is 44.6 Å². The second-order valence-electron chi connectivity index (χ2n) is 5.43. The van der Waals surface area contributed by atoms with Gasteiger partial charge in [0.05, 0.1) is 5.75 Å². The van der Waals surface area contributed by atoms with Gasteiger partial charge in [-0.1, -0.05) is 6.92 Å². The summed E-state index contributed by atoms with van der Waals surface area (Å²) >= 11 is 0. The topological polar surface area (TPSA) is 81.4 Å². The number of hydrogen-bond acceptors (Lipinski definition) is 4. The summed E-state index contributed by atoms with van der Waals surface area (Å²) in [5.41, 5.74) is 5.38. The fourth-order valence-electron chi connectivity index (χ4n) is 2.44. The molecule has 0 saturated heterocycles. The minimum Gasteiger partial charge on any atom is -0.385 e. The van der Waals surface area contributed by atoms with Crippen LogP contribution in [0.5, 0.6) is 0 Å². The van der Waals surface area contributed by atoms with E-state index >= 15 is 0 Å². The molecule has 0 amide bonds. The van der Waals surface area contributed by atoms with E-state index in [0.29, 0.717) is 25.5 Å². The highest BCUT2D eigenvalue weighted by Crippen LogP contribution is 2.31. The first-order chi connectivity index (χ1) is 8.43. The highest BCUT2D eigenvalue weighted by atomic mass is 32.2. The van der Waals surface area contributed by atoms with E-state index in [4.69, 9.17) is 10.5 Å². The van der Waals surface area contributed by atoms with Crippen LogP contribution in [0.2, 0.25) is 0 Å². The van der Waals surface area contributed by atoms with E-state index in [1.807, 2.05) is 0 Å². The summed E-state index contributed by atoms with van der Waals surface area (Å²) in [4.78, 5) is 0. The van der Waals surface area contributed by atoms with Crippen molar-refractivity contribution < 1.29 is 13.2 Å². The van der Waals surface area contributed by atoms with Crippen molar-refractivity contribution >= 4 is 10.0 Å². The number of hydrogen-bond donors (Lipinski definition) is 2. The Morgan fingerprint density at radius 3 is 2.50 bits per heavy atom. The molecule has 108 valence electrons. The van der Waals surface area contributed by atoms with E-state index in [0.717, 1.165) is 25.7 Å². The molecule has 1 rings (SSSR count). The number of sulfonamides is 1. The molecule has 18 heavy (non-hydrogen) atoms. The van der Waals surface area contributed by atoms with E-state index in [9.17, 15) is 8.42 Å². The predicted octanol–water partition coefficient (Wildman–Crippen LogP) is 0.850. The molecule has 3 N–H and O–H groups in total. The molecular formula is C12H26N2O3S. The molecule has 1 aliphatic rings. The molecule has 6 heteroatoms. The smallest absolute Gasteiger partial charge is 0.212 e. The van der Waals surface area contributed by atoms with Crippen LogP contribution in [0.15, 0.2) is 0 Å². The molecule has 0 radical (unpaired) electrons. The highest BCUT2D eigenvalue weighted by molar-refractivity contribution is 7.89. The number of ether oxygens (including phenoxy) is 1. The van der Waals surface area contributed by atoms with Crippen LogP contribution in [-0.4, -0.2) is 40.0 Å². The lowest BCUT2D eigenvalue weighted by molar-refractivity contribution is 0.199. The minimum atomic E-state index is -3.25. The van der Waals surface area contributed by atoms with Crippen LogP contribution in [0.3, 0.4) is 0 Å². The third kappa shape index (κ3) is 4.84. The fourth-order valence-corrected chi connectivity index (χ4v) is 3.98. The van der Waals surface area contributed by atoms with Crippen molar-refractivity contribution in [2.75, 3.05) is 26.0 Å². The molecule has 0 heterocycles. The largest absolute Gasteiger partial charge is 0.385 e. The lowest BCUT2D eigenvalue weighted by atomic mass is 9.78. The molecule has 1 aliphatic carbocycles. The van der Waals surface area contributed by atoms with Gasteiger partial charge in [0.2, 0.25) is 10.0 Å². The van der Waals surface area contributed by atoms with Crippen molar-refractivity contribution in [2.24, 2.45) is 11.7 Å². The molecule has 0 aromatic carbocycles. The van der Waals surface area contributed by atoms with Gasteiger partial charge in [-0.2, -0.15) is 0 Å². The van der Waals surface area contributed by atoms with E-state index in [-0.39, 0.29) is 5.75 Å². The first kappa shape index (κ1) is 15.9. The van der Waals surface area contributed by atoms with Crippen molar-refractivity contribution in [1.29, 1.82) is 0 Å². The minimum absolute atomic E-state index is 0.109. The Labute approximate surface area is 111 Å². The van der Waals surface area contributed by atoms with Crippen LogP contribution in [0.1, 0.15) is 39.0 Å². The third-order valence-electron chi connectivity index (χ3n) is 3.76. The summed E-state index contributed by atoms with van der Waals surface area (Å²) < 4.78 is 31.7. The SMILES string of the molecule is COCCCS(=O)(=O)NC1(CN)CCC(C)CC1. The van der Waals surface area contributed by atoms with Gasteiger partial charge in [-0.15, -0.1) is 0 Å². The zero-order valence-electron chi connectivity index (χ0n) is 11.4. The molecule has 0 aromatic rings. The van der Waals surface area contributed by atoms with Gasteiger partial charge in [-0.3, -0.25) is 0 Å². The summed E-state index contributed by atoms with van der Waals surface area (Å²) in [5, 5.41) is 0. The van der Waals surface area contributed by atoms with E-state index < -0.39 is 15.6 Å². The van der Waals surface area contributed by atoms with Crippen LogP contribution in [0.4, 0.5) is 0 Å². The standard InChI is InChI=1S/C12H26N2O3S/c1-11-4-6-12(10-13,7-5-11)14-18(15,16)9-3-8-17-2/h11,14H,3-10,13H2,1-2H3. The van der Waals surface area contributed by atoms with E-state index in [1.54, 1.807) is 7.11 Å². The number of nitrogens with two attached hydrogens (primary N) is 1. The second kappa shape index (κ2) is 6.84. The normalized spacial score (nSPS) is 29.4. The lowest BCUT2D eigenvalue weighted by Gasteiger charge is -2.38. The maximum atomic E-state index is 12.0. The average Bonchev–Trinajstić information content (AvgIpc) is 2.32. The molecule has 1 fully saturated rings. The Kier molecular flexibility index (Phi) is 6.04. The van der Waals surface area contributed by atoms with Gasteiger partial charge in [0, 0.05) is 25.8 Å². The summed E-state index contributed by atoms with van der Waals surface area (Å²) in [7, 11) is -1.68. The van der Waals surface area contributed by atoms with Gasteiger partial charge in [-0.25, -0.2) is 13.1 Å². The van der Waals surface area contributed by atoms with Crippen LogP contribution >= 0.6 is 0 Å². The summed E-state index contributed by atoms with van der Waals surface area (Å²) in [6, 6.07) is 0. The Bertz CT molecular complexity index is 335. The molecule has 0 aromatic heterocycles. The Hall–Kier alpha value is -0.170. The average molecular weight is 278 g/mol. The second-order valence-corrected chi connectivity index (χ2v) is 7.28. The zero-order valence-corrected chi connectivity index (χ0v) is 12.3. The van der Waals surface area contributed by atoms with Gasteiger partial charge >= 0.3 is 0 Å². The molecule has 5 nitrogen and oxygen atoms in total. The Balaban J connectivity index is 2.56. The lowest BCUT2D eigenvalue weighted by Crippen LogP contribution is -2.55. The summed E-state index contributed by atoms with van der Waals surface area (Å²) in [5.74, 6) is 0.778. The van der Waals surface area contributed by atoms with E-state index in [2.05, 4.69) is 11.6 Å². The van der Waals surface area contributed by atoms with Crippen LogP contribution < -0.4 is 10.5 Å². The fraction of sp³-hybridized carbons (Fsp3) is 1.00. The van der Waals surface area contributed by atoms with Crippen LogP contribution in [-0.2, 0) is 14.8 Å². The van der Waals surface area contributed by atoms with Crippen molar-refractivity contribution in [3.63, 3.8) is 0 Å². The van der Waals surface area contributed by atoms with Gasteiger partial charge in [-0.05, 0) is 38.0 Å². The van der Waals surface area contributed by atoms with Gasteiger partial charge in [0.15, 0.2) is 0 Å². The molecule has 0 spiro atoms. The first-order valence-corrected chi connectivity index (χ1v) is 8.29. The number of nitrogens with one attached hydrogen (secondary N) is 1. The third-order valence-corrected chi connectivity index (χ3v) is 5.33. The predicted molar refractivity (Wildman–Crippen MR) is 72.8 cm³/mol. The van der Waals surface area contributed by atoms with Crippen molar-refractivity contribution in [3.05, 3.63) is 0 Å². The van der Waals surface area contributed by atoms with Crippen molar-refractivity contribution in [1.82, 2.24) is 4.72 Å². The van der Waals surface area contributed by atoms with Gasteiger partial charge < -0.3 is 10.5 Å². The van der Waals surface area contributed by atoms with Gasteiger partial charge in [0.1, 0.15) is 0 Å². The summed E-state index contributed by atoms with van der Waals surface area (Å²) in [6.45, 7) is 3.05. The summed E-state index contributed by atoms with van der Waals surface area (Å²) in [6.07, 6.45) is 4.28. The first-order valence-electron chi connectivity index (χ1n) is 6.64. The van der Waals surface area contributed by atoms with Crippen molar-refractivity contribution in [3.8, 4) is 0 Å². The highest BCUT2D eigenvalue weighted by Gasteiger charge is 2.36. The molecule has 1 saturated carbocycles. The molecule has 0 unspecified atom stereocenters. The maximum absolute atomic E-state index is 12.0. The van der Waals surface area contributed by atoms with Crippen LogP contribution in [0.25, 0.3) is 0 Å². The Morgan fingerprint density at radius 2 is 2.00 bits per heavy atom. The van der Waals surface area contributed by atoms with Crippen LogP contribution in [0, 0.1) is 5.92 Å². The molecule has 0 aliphatic heterocycles. The monoisotopic (exact) mass is 278 g/mol. The maximum Gasteiger partial charge on any atom is 0.212 e. The number of rotatable bonds is 7. The number of methoxy groups -OCH3 is 1.